The molecule has 1 aromatic carbocycles. The van der Waals surface area contributed by atoms with Crippen LogP contribution in [-0.2, 0) is 0 Å². The SMILES string of the molecule is Cl.NC[C@@H](O)c1ccc(Cl)cc1. The van der Waals surface area contributed by atoms with Crippen LogP contribution in [0, 0.1) is 0 Å². The van der Waals surface area contributed by atoms with E-state index in [2.05, 4.69) is 0 Å². The molecule has 4 heteroatoms. The second-order valence-corrected chi connectivity index (χ2v) is 2.74. The Kier molecular flexibility index (Phi) is 5.25. The van der Waals surface area contributed by atoms with Crippen molar-refractivity contribution in [1.29, 1.82) is 0 Å². The molecular formula is C8H11Cl2NO. The number of nitrogens with two attached hydrogens (primary N) is 1. The molecule has 0 amide bonds. The Labute approximate surface area is 82.8 Å². The molecule has 0 saturated carbocycles. The van der Waals surface area contributed by atoms with Crippen molar-refractivity contribution < 1.29 is 5.11 Å². The van der Waals surface area contributed by atoms with E-state index in [0.29, 0.717) is 5.02 Å². The minimum Gasteiger partial charge on any atom is -0.387 e. The maximum Gasteiger partial charge on any atom is 0.0912 e. The van der Waals surface area contributed by atoms with Crippen molar-refractivity contribution in [2.24, 2.45) is 5.73 Å². The molecule has 0 spiro atoms. The molecule has 0 aliphatic carbocycles. The van der Waals surface area contributed by atoms with Gasteiger partial charge in [0.2, 0.25) is 0 Å². The van der Waals surface area contributed by atoms with E-state index < -0.39 is 6.10 Å². The lowest BCUT2D eigenvalue weighted by Crippen LogP contribution is -2.11. The molecule has 2 nitrogen and oxygen atoms in total. The maximum atomic E-state index is 9.25. The molecule has 12 heavy (non-hydrogen) atoms. The van der Waals surface area contributed by atoms with Gasteiger partial charge in [0.15, 0.2) is 0 Å². The summed E-state index contributed by atoms with van der Waals surface area (Å²) in [6.45, 7) is 0.238. The predicted octanol–water partition coefficient (Wildman–Crippen LogP) is 1.75. The number of aliphatic hydroxyl groups excluding tert-OH is 1. The van der Waals surface area contributed by atoms with Gasteiger partial charge in [-0.05, 0) is 17.7 Å². The Morgan fingerprint density at radius 2 is 1.83 bits per heavy atom. The summed E-state index contributed by atoms with van der Waals surface area (Å²) in [5, 5.41) is 9.92. The number of benzene rings is 1. The van der Waals surface area contributed by atoms with Crippen molar-refractivity contribution in [1.82, 2.24) is 0 Å². The third-order valence-electron chi connectivity index (χ3n) is 1.48. The van der Waals surface area contributed by atoms with Crippen LogP contribution in [0.1, 0.15) is 11.7 Å². The van der Waals surface area contributed by atoms with E-state index in [1.807, 2.05) is 0 Å². The quantitative estimate of drug-likeness (QED) is 0.777. The van der Waals surface area contributed by atoms with Gasteiger partial charge in [0.1, 0.15) is 0 Å². The molecule has 0 saturated heterocycles. The summed E-state index contributed by atoms with van der Waals surface area (Å²) in [5.41, 5.74) is 6.06. The molecule has 0 fully saturated rings. The molecule has 0 aliphatic rings. The van der Waals surface area contributed by atoms with E-state index in [4.69, 9.17) is 17.3 Å². The highest BCUT2D eigenvalue weighted by Gasteiger charge is 2.02. The molecule has 3 N–H and O–H groups in total. The molecular weight excluding hydrogens is 197 g/mol. The topological polar surface area (TPSA) is 46.2 Å². The normalized spacial score (nSPS) is 11.9. The zero-order valence-corrected chi connectivity index (χ0v) is 7.98. The van der Waals surface area contributed by atoms with Gasteiger partial charge in [-0.3, -0.25) is 0 Å². The lowest BCUT2D eigenvalue weighted by molar-refractivity contribution is 0.187. The van der Waals surface area contributed by atoms with Gasteiger partial charge < -0.3 is 10.8 Å². The maximum absolute atomic E-state index is 9.25. The Bertz CT molecular complexity index is 225. The van der Waals surface area contributed by atoms with Crippen LogP contribution in [0.25, 0.3) is 0 Å². The Hall–Kier alpha value is -0.280. The fraction of sp³-hybridized carbons (Fsp3) is 0.250. The van der Waals surface area contributed by atoms with Gasteiger partial charge in [0.25, 0.3) is 0 Å². The van der Waals surface area contributed by atoms with E-state index in [-0.39, 0.29) is 19.0 Å². The van der Waals surface area contributed by atoms with Gasteiger partial charge in [-0.1, -0.05) is 23.7 Å². The fourth-order valence-electron chi connectivity index (χ4n) is 0.821. The highest BCUT2D eigenvalue weighted by molar-refractivity contribution is 6.30. The molecule has 0 heterocycles. The van der Waals surface area contributed by atoms with Crippen molar-refractivity contribution in [3.63, 3.8) is 0 Å². The monoisotopic (exact) mass is 207 g/mol. The third-order valence-corrected chi connectivity index (χ3v) is 1.73. The minimum absolute atomic E-state index is 0. The zero-order valence-electron chi connectivity index (χ0n) is 6.40. The molecule has 0 aromatic heterocycles. The average molecular weight is 208 g/mol. The summed E-state index contributed by atoms with van der Waals surface area (Å²) in [7, 11) is 0. The van der Waals surface area contributed by atoms with E-state index in [1.54, 1.807) is 24.3 Å². The molecule has 68 valence electrons. The van der Waals surface area contributed by atoms with Gasteiger partial charge >= 0.3 is 0 Å². The summed E-state index contributed by atoms with van der Waals surface area (Å²) in [4.78, 5) is 0. The summed E-state index contributed by atoms with van der Waals surface area (Å²) < 4.78 is 0. The number of halogens is 2. The van der Waals surface area contributed by atoms with Crippen molar-refractivity contribution in [2.75, 3.05) is 6.54 Å². The highest BCUT2D eigenvalue weighted by atomic mass is 35.5. The van der Waals surface area contributed by atoms with Crippen molar-refractivity contribution in [3.8, 4) is 0 Å². The van der Waals surface area contributed by atoms with Crippen LogP contribution in [0.2, 0.25) is 5.02 Å². The minimum atomic E-state index is -0.577. The molecule has 1 rings (SSSR count). The van der Waals surface area contributed by atoms with Crippen LogP contribution in [-0.4, -0.2) is 11.7 Å². The first-order chi connectivity index (χ1) is 5.24. The van der Waals surface area contributed by atoms with Crippen LogP contribution < -0.4 is 5.73 Å². The second-order valence-electron chi connectivity index (χ2n) is 2.30. The van der Waals surface area contributed by atoms with Crippen LogP contribution in [0.15, 0.2) is 24.3 Å². The van der Waals surface area contributed by atoms with Crippen molar-refractivity contribution >= 4 is 24.0 Å². The molecule has 0 bridgehead atoms. The van der Waals surface area contributed by atoms with Gasteiger partial charge in [-0.2, -0.15) is 0 Å². The fourth-order valence-corrected chi connectivity index (χ4v) is 0.947. The standard InChI is InChI=1S/C8H10ClNO.ClH/c9-7-3-1-6(2-4-7)8(11)5-10;/h1-4,8,11H,5,10H2;1H/t8-;/m1./s1. The number of hydrogen-bond donors (Lipinski definition) is 2. The van der Waals surface area contributed by atoms with Crippen LogP contribution >= 0.6 is 24.0 Å². The van der Waals surface area contributed by atoms with E-state index in [0.717, 1.165) is 5.56 Å². The lowest BCUT2D eigenvalue weighted by Gasteiger charge is -2.06. The number of aliphatic hydroxyl groups is 1. The molecule has 0 aliphatic heterocycles. The first kappa shape index (κ1) is 11.7. The summed E-state index contributed by atoms with van der Waals surface area (Å²) >= 11 is 5.65. The highest BCUT2D eigenvalue weighted by Crippen LogP contribution is 2.14. The molecule has 1 atom stereocenters. The number of hydrogen-bond acceptors (Lipinski definition) is 2. The molecule has 0 radical (unpaired) electrons. The van der Waals surface area contributed by atoms with Gasteiger partial charge in [0.05, 0.1) is 6.10 Å². The Morgan fingerprint density at radius 1 is 1.33 bits per heavy atom. The van der Waals surface area contributed by atoms with Crippen LogP contribution in [0.4, 0.5) is 0 Å². The van der Waals surface area contributed by atoms with Gasteiger partial charge in [0, 0.05) is 11.6 Å². The average Bonchev–Trinajstić information content (AvgIpc) is 2.05. The lowest BCUT2D eigenvalue weighted by atomic mass is 10.1. The molecule has 1 aromatic rings. The van der Waals surface area contributed by atoms with Gasteiger partial charge in [-0.25, -0.2) is 0 Å². The van der Waals surface area contributed by atoms with E-state index >= 15 is 0 Å². The first-order valence-corrected chi connectivity index (χ1v) is 3.75. The zero-order chi connectivity index (χ0) is 8.27. The third kappa shape index (κ3) is 2.99. The summed E-state index contributed by atoms with van der Waals surface area (Å²) in [6, 6.07) is 6.99. The van der Waals surface area contributed by atoms with Crippen LogP contribution in [0.5, 0.6) is 0 Å². The van der Waals surface area contributed by atoms with E-state index in [1.165, 1.54) is 0 Å². The largest absolute Gasteiger partial charge is 0.387 e. The second kappa shape index (κ2) is 5.38. The summed E-state index contributed by atoms with van der Waals surface area (Å²) in [6.07, 6.45) is -0.577. The van der Waals surface area contributed by atoms with Gasteiger partial charge in [-0.15, -0.1) is 12.4 Å². The predicted molar refractivity (Wildman–Crippen MR) is 52.7 cm³/mol. The first-order valence-electron chi connectivity index (χ1n) is 3.37. The number of rotatable bonds is 2. The van der Waals surface area contributed by atoms with Crippen molar-refractivity contribution in [3.05, 3.63) is 34.9 Å². The Balaban J connectivity index is 0.00000121. The van der Waals surface area contributed by atoms with Crippen molar-refractivity contribution in [2.45, 2.75) is 6.10 Å². The Morgan fingerprint density at radius 3 is 2.25 bits per heavy atom. The smallest absolute Gasteiger partial charge is 0.0912 e. The molecule has 0 unspecified atom stereocenters. The van der Waals surface area contributed by atoms with Crippen LogP contribution in [0.3, 0.4) is 0 Å². The van der Waals surface area contributed by atoms with E-state index in [9.17, 15) is 5.11 Å². The summed E-state index contributed by atoms with van der Waals surface area (Å²) in [5.74, 6) is 0.